The van der Waals surface area contributed by atoms with Crippen molar-refractivity contribution >= 4 is 11.6 Å². The van der Waals surface area contributed by atoms with Gasteiger partial charge in [0.2, 0.25) is 0 Å². The molecule has 4 heteroatoms. The van der Waals surface area contributed by atoms with Crippen LogP contribution in [0.4, 0.5) is 5.69 Å². The summed E-state index contributed by atoms with van der Waals surface area (Å²) in [4.78, 5) is 12.1. The zero-order valence-electron chi connectivity index (χ0n) is 10.2. The van der Waals surface area contributed by atoms with Crippen LogP contribution in [0.1, 0.15) is 29.3 Å². The van der Waals surface area contributed by atoms with Crippen molar-refractivity contribution in [2.24, 2.45) is 0 Å². The zero-order chi connectivity index (χ0) is 12.4. The smallest absolute Gasteiger partial charge is 0.251 e. The van der Waals surface area contributed by atoms with Crippen molar-refractivity contribution in [2.75, 3.05) is 12.3 Å². The molecule has 1 saturated heterocycles. The molecule has 1 aliphatic rings. The first-order valence-corrected chi connectivity index (χ1v) is 5.86. The monoisotopic (exact) mass is 234 g/mol. The molecule has 2 rings (SSSR count). The van der Waals surface area contributed by atoms with Gasteiger partial charge < -0.3 is 15.8 Å². The van der Waals surface area contributed by atoms with Gasteiger partial charge in [-0.2, -0.15) is 0 Å². The highest BCUT2D eigenvalue weighted by molar-refractivity contribution is 5.96. The van der Waals surface area contributed by atoms with Crippen molar-refractivity contribution in [3.63, 3.8) is 0 Å². The molecule has 1 aromatic carbocycles. The summed E-state index contributed by atoms with van der Waals surface area (Å²) in [7, 11) is 0. The van der Waals surface area contributed by atoms with Crippen molar-refractivity contribution in [2.45, 2.75) is 32.4 Å². The van der Waals surface area contributed by atoms with E-state index in [1.54, 1.807) is 12.1 Å². The Kier molecular flexibility index (Phi) is 3.33. The average molecular weight is 234 g/mol. The Morgan fingerprint density at radius 3 is 2.94 bits per heavy atom. The number of nitrogens with one attached hydrogen (secondary N) is 1. The second-order valence-electron chi connectivity index (χ2n) is 4.52. The van der Waals surface area contributed by atoms with Crippen LogP contribution >= 0.6 is 0 Å². The predicted molar refractivity (Wildman–Crippen MR) is 66.9 cm³/mol. The fraction of sp³-hybridized carbons (Fsp3) is 0.462. The Morgan fingerprint density at radius 2 is 2.29 bits per heavy atom. The topological polar surface area (TPSA) is 64.4 Å². The molecule has 17 heavy (non-hydrogen) atoms. The number of carbonyl (C=O) groups is 1. The minimum absolute atomic E-state index is 0.0721. The third kappa shape index (κ3) is 2.58. The summed E-state index contributed by atoms with van der Waals surface area (Å²) in [5, 5.41) is 2.99. The first-order valence-electron chi connectivity index (χ1n) is 5.86. The van der Waals surface area contributed by atoms with Gasteiger partial charge in [0.25, 0.3) is 5.91 Å². The molecule has 0 aliphatic carbocycles. The molecule has 2 unspecified atom stereocenters. The highest BCUT2D eigenvalue weighted by Gasteiger charge is 2.26. The van der Waals surface area contributed by atoms with Crippen LogP contribution < -0.4 is 11.1 Å². The number of ether oxygens (including phenoxy) is 1. The molecular weight excluding hydrogens is 216 g/mol. The molecule has 0 bridgehead atoms. The van der Waals surface area contributed by atoms with Gasteiger partial charge in [-0.3, -0.25) is 4.79 Å². The normalized spacial score (nSPS) is 23.6. The summed E-state index contributed by atoms with van der Waals surface area (Å²) in [5.74, 6) is -0.0721. The van der Waals surface area contributed by atoms with E-state index in [2.05, 4.69) is 5.32 Å². The molecule has 1 aliphatic heterocycles. The summed E-state index contributed by atoms with van der Waals surface area (Å²) in [6, 6.07) is 5.47. The van der Waals surface area contributed by atoms with Crippen LogP contribution in [-0.4, -0.2) is 24.7 Å². The van der Waals surface area contributed by atoms with Gasteiger partial charge in [-0.15, -0.1) is 0 Å². The van der Waals surface area contributed by atoms with Crippen molar-refractivity contribution < 1.29 is 9.53 Å². The van der Waals surface area contributed by atoms with Crippen LogP contribution in [0, 0.1) is 6.92 Å². The molecule has 0 radical (unpaired) electrons. The number of anilines is 1. The van der Waals surface area contributed by atoms with Gasteiger partial charge in [0, 0.05) is 17.9 Å². The number of nitrogens with two attached hydrogens (primary N) is 1. The lowest BCUT2D eigenvalue weighted by atomic mass is 10.1. The summed E-state index contributed by atoms with van der Waals surface area (Å²) < 4.78 is 5.42. The zero-order valence-corrected chi connectivity index (χ0v) is 10.2. The summed E-state index contributed by atoms with van der Waals surface area (Å²) >= 11 is 0. The second-order valence-corrected chi connectivity index (χ2v) is 4.52. The minimum Gasteiger partial charge on any atom is -0.399 e. The van der Waals surface area contributed by atoms with Gasteiger partial charge >= 0.3 is 0 Å². The van der Waals surface area contributed by atoms with Gasteiger partial charge in [0.1, 0.15) is 0 Å². The Labute approximate surface area is 101 Å². The van der Waals surface area contributed by atoms with Crippen LogP contribution in [0.25, 0.3) is 0 Å². The van der Waals surface area contributed by atoms with Crippen molar-refractivity contribution in [1.29, 1.82) is 0 Å². The van der Waals surface area contributed by atoms with Gasteiger partial charge in [-0.25, -0.2) is 0 Å². The Morgan fingerprint density at radius 1 is 1.53 bits per heavy atom. The predicted octanol–water partition coefficient (Wildman–Crippen LogP) is 1.48. The van der Waals surface area contributed by atoms with Gasteiger partial charge in [0.05, 0.1) is 12.1 Å². The van der Waals surface area contributed by atoms with E-state index in [4.69, 9.17) is 10.5 Å². The van der Waals surface area contributed by atoms with E-state index in [1.165, 1.54) is 0 Å². The summed E-state index contributed by atoms with van der Waals surface area (Å²) in [5.41, 5.74) is 7.88. The van der Waals surface area contributed by atoms with Crippen LogP contribution in [0.3, 0.4) is 0 Å². The SMILES string of the molecule is Cc1ccc(N)cc1C(=O)NC1CCOC1C. The molecular formula is C13H18N2O2. The van der Waals surface area contributed by atoms with Crippen LogP contribution in [0.2, 0.25) is 0 Å². The van der Waals surface area contributed by atoms with E-state index in [-0.39, 0.29) is 18.1 Å². The number of benzene rings is 1. The highest BCUT2D eigenvalue weighted by atomic mass is 16.5. The lowest BCUT2D eigenvalue weighted by Crippen LogP contribution is -2.39. The molecule has 3 N–H and O–H groups in total. The second kappa shape index (κ2) is 4.75. The van der Waals surface area contributed by atoms with Crippen LogP contribution in [0.15, 0.2) is 18.2 Å². The van der Waals surface area contributed by atoms with E-state index in [0.29, 0.717) is 17.9 Å². The molecule has 1 fully saturated rings. The Balaban J connectivity index is 2.11. The van der Waals surface area contributed by atoms with E-state index in [0.717, 1.165) is 12.0 Å². The van der Waals surface area contributed by atoms with E-state index >= 15 is 0 Å². The largest absolute Gasteiger partial charge is 0.399 e. The van der Waals surface area contributed by atoms with Crippen molar-refractivity contribution in [1.82, 2.24) is 5.32 Å². The lowest BCUT2D eigenvalue weighted by molar-refractivity contribution is 0.0865. The molecule has 92 valence electrons. The number of amides is 1. The number of hydrogen-bond acceptors (Lipinski definition) is 3. The molecule has 0 aromatic heterocycles. The maximum Gasteiger partial charge on any atom is 0.251 e. The number of rotatable bonds is 2. The maximum atomic E-state index is 12.1. The molecule has 1 heterocycles. The number of hydrogen-bond donors (Lipinski definition) is 2. The van der Waals surface area contributed by atoms with E-state index in [9.17, 15) is 4.79 Å². The number of aryl methyl sites for hydroxylation is 1. The Hall–Kier alpha value is -1.55. The molecule has 1 aromatic rings. The number of nitrogen functional groups attached to an aromatic ring is 1. The molecule has 2 atom stereocenters. The van der Waals surface area contributed by atoms with Crippen LogP contribution in [-0.2, 0) is 4.74 Å². The standard InChI is InChI=1S/C13H18N2O2/c1-8-3-4-10(14)7-11(8)13(16)15-12-5-6-17-9(12)2/h3-4,7,9,12H,5-6,14H2,1-2H3,(H,15,16). The first kappa shape index (κ1) is 11.9. The minimum atomic E-state index is -0.0721. The summed E-state index contributed by atoms with van der Waals surface area (Å²) in [6.45, 7) is 4.59. The maximum absolute atomic E-state index is 12.1. The number of carbonyl (C=O) groups excluding carboxylic acids is 1. The molecule has 0 spiro atoms. The molecule has 1 amide bonds. The molecule has 0 saturated carbocycles. The van der Waals surface area contributed by atoms with Gasteiger partial charge in [-0.1, -0.05) is 6.07 Å². The lowest BCUT2D eigenvalue weighted by Gasteiger charge is -2.17. The van der Waals surface area contributed by atoms with Gasteiger partial charge in [-0.05, 0) is 38.0 Å². The molecule has 4 nitrogen and oxygen atoms in total. The fourth-order valence-electron chi connectivity index (χ4n) is 2.05. The average Bonchev–Trinajstić information content (AvgIpc) is 2.68. The fourth-order valence-corrected chi connectivity index (χ4v) is 2.05. The van der Waals surface area contributed by atoms with Crippen molar-refractivity contribution in [3.8, 4) is 0 Å². The first-order chi connectivity index (χ1) is 8.08. The van der Waals surface area contributed by atoms with Crippen LogP contribution in [0.5, 0.6) is 0 Å². The van der Waals surface area contributed by atoms with E-state index < -0.39 is 0 Å². The summed E-state index contributed by atoms with van der Waals surface area (Å²) in [6.07, 6.45) is 0.953. The van der Waals surface area contributed by atoms with Gasteiger partial charge in [0.15, 0.2) is 0 Å². The Bertz CT molecular complexity index is 431. The third-order valence-electron chi connectivity index (χ3n) is 3.20. The third-order valence-corrected chi connectivity index (χ3v) is 3.20. The van der Waals surface area contributed by atoms with E-state index in [1.807, 2.05) is 19.9 Å². The quantitative estimate of drug-likeness (QED) is 0.762. The highest BCUT2D eigenvalue weighted by Crippen LogP contribution is 2.16. The van der Waals surface area contributed by atoms with Crippen molar-refractivity contribution in [3.05, 3.63) is 29.3 Å².